The Hall–Kier alpha value is -3.13. The molecule has 4 rings (SSSR count). The van der Waals surface area contributed by atoms with Gasteiger partial charge in [0.25, 0.3) is 5.89 Å². The van der Waals surface area contributed by atoms with Crippen molar-refractivity contribution < 1.29 is 19.2 Å². The molecule has 0 aliphatic heterocycles. The maximum atomic E-state index is 11.1. The van der Waals surface area contributed by atoms with Gasteiger partial charge in [0.05, 0.1) is 17.6 Å². The lowest BCUT2D eigenvalue weighted by Gasteiger charge is -2.14. The second-order valence-electron chi connectivity index (χ2n) is 7.87. The van der Waals surface area contributed by atoms with Crippen LogP contribution in [0.5, 0.6) is 5.88 Å². The molecule has 0 spiro atoms. The number of aromatic nitrogens is 3. The zero-order valence-electron chi connectivity index (χ0n) is 17.2. The lowest BCUT2D eigenvalue weighted by atomic mass is 10.1. The van der Waals surface area contributed by atoms with Gasteiger partial charge in [0.1, 0.15) is 5.02 Å². The van der Waals surface area contributed by atoms with Gasteiger partial charge in [-0.25, -0.2) is 4.98 Å². The largest absolute Gasteiger partial charge is 0.481 e. The Bertz CT molecular complexity index is 1070. The average molecular weight is 443 g/mol. The van der Waals surface area contributed by atoms with E-state index in [9.17, 15) is 4.79 Å². The Morgan fingerprint density at radius 2 is 2.03 bits per heavy atom. The summed E-state index contributed by atoms with van der Waals surface area (Å²) in [5.41, 5.74) is 2.33. The number of carboxylic acids is 1. The summed E-state index contributed by atoms with van der Waals surface area (Å²) >= 11 is 6.24. The Morgan fingerprint density at radius 3 is 2.68 bits per heavy atom. The summed E-state index contributed by atoms with van der Waals surface area (Å²) in [6.07, 6.45) is 3.75. The third-order valence-electron chi connectivity index (χ3n) is 5.12. The summed E-state index contributed by atoms with van der Waals surface area (Å²) < 4.78 is 10.9. The summed E-state index contributed by atoms with van der Waals surface area (Å²) in [5, 5.41) is 17.0. The van der Waals surface area contributed by atoms with Crippen LogP contribution in [-0.4, -0.2) is 38.3 Å². The fourth-order valence-corrected chi connectivity index (χ4v) is 3.81. The van der Waals surface area contributed by atoms with Crippen molar-refractivity contribution in [2.45, 2.75) is 45.3 Å². The van der Waals surface area contributed by atoms with Crippen molar-refractivity contribution in [3.8, 4) is 28.7 Å². The molecule has 0 bridgehead atoms. The highest BCUT2D eigenvalue weighted by atomic mass is 35.5. The van der Waals surface area contributed by atoms with Gasteiger partial charge in [-0.1, -0.05) is 16.8 Å². The molecule has 2 aromatic heterocycles. The van der Waals surface area contributed by atoms with E-state index in [-0.39, 0.29) is 18.1 Å². The molecular weight excluding hydrogens is 420 g/mol. The molecule has 2 atom stereocenters. The molecule has 1 saturated carbocycles. The fraction of sp³-hybridized carbons (Fsp3) is 0.364. The van der Waals surface area contributed by atoms with Crippen molar-refractivity contribution in [2.75, 3.05) is 5.32 Å². The standard InChI is InChI=1S/C22H23ClN4O4/c1-12(2)30-21-18(23)10-15(11-24-21)20-26-19(27-31-20)13-3-6-16(7-4-13)25-17-8-5-14(9-17)22(28)29/h3-4,6-7,10-12,14,17,25H,5,8-9H2,1-2H3,(H,28,29). The summed E-state index contributed by atoms with van der Waals surface area (Å²) in [5.74, 6) is 0.148. The zero-order valence-corrected chi connectivity index (χ0v) is 18.0. The predicted octanol–water partition coefficient (Wildman–Crippen LogP) is 4.90. The Kier molecular flexibility index (Phi) is 6.08. The lowest BCUT2D eigenvalue weighted by molar-refractivity contribution is -0.141. The van der Waals surface area contributed by atoms with Crippen LogP contribution in [0.25, 0.3) is 22.8 Å². The highest BCUT2D eigenvalue weighted by Crippen LogP contribution is 2.31. The van der Waals surface area contributed by atoms with E-state index >= 15 is 0 Å². The topological polar surface area (TPSA) is 110 Å². The van der Waals surface area contributed by atoms with Gasteiger partial charge in [0.15, 0.2) is 0 Å². The minimum absolute atomic E-state index is 0.0319. The number of carbonyl (C=O) groups is 1. The maximum absolute atomic E-state index is 11.1. The fourth-order valence-electron chi connectivity index (χ4n) is 3.60. The van der Waals surface area contributed by atoms with E-state index in [0.29, 0.717) is 41.0 Å². The molecule has 31 heavy (non-hydrogen) atoms. The molecule has 3 aromatic rings. The van der Waals surface area contributed by atoms with Crippen LogP contribution in [0.4, 0.5) is 5.69 Å². The molecule has 162 valence electrons. The Labute approximate surface area is 184 Å². The molecule has 0 saturated heterocycles. The maximum Gasteiger partial charge on any atom is 0.306 e. The molecule has 1 aromatic carbocycles. The van der Waals surface area contributed by atoms with Gasteiger partial charge in [-0.05, 0) is 63.4 Å². The van der Waals surface area contributed by atoms with Gasteiger partial charge in [-0.2, -0.15) is 4.98 Å². The first-order valence-electron chi connectivity index (χ1n) is 10.1. The van der Waals surface area contributed by atoms with Crippen molar-refractivity contribution in [1.29, 1.82) is 0 Å². The van der Waals surface area contributed by atoms with Crippen LogP contribution >= 0.6 is 11.6 Å². The summed E-state index contributed by atoms with van der Waals surface area (Å²) in [6, 6.07) is 9.49. The first-order valence-corrected chi connectivity index (χ1v) is 10.5. The Balaban J connectivity index is 1.43. The number of carboxylic acid groups (broad SMARTS) is 1. The van der Waals surface area contributed by atoms with Gasteiger partial charge in [0.2, 0.25) is 11.7 Å². The molecule has 0 radical (unpaired) electrons. The van der Waals surface area contributed by atoms with Crippen LogP contribution in [0, 0.1) is 5.92 Å². The highest BCUT2D eigenvalue weighted by molar-refractivity contribution is 6.32. The number of pyridine rings is 1. The van der Waals surface area contributed by atoms with E-state index in [1.807, 2.05) is 38.1 Å². The van der Waals surface area contributed by atoms with Crippen LogP contribution < -0.4 is 10.1 Å². The van der Waals surface area contributed by atoms with Crippen LogP contribution in [0.15, 0.2) is 41.1 Å². The van der Waals surface area contributed by atoms with E-state index in [4.69, 9.17) is 26.0 Å². The van der Waals surface area contributed by atoms with Crippen molar-refractivity contribution in [2.24, 2.45) is 5.92 Å². The number of ether oxygens (including phenoxy) is 1. The lowest BCUT2D eigenvalue weighted by Crippen LogP contribution is -2.17. The van der Waals surface area contributed by atoms with Crippen LogP contribution in [-0.2, 0) is 4.79 Å². The molecule has 9 heteroatoms. The third kappa shape index (κ3) is 4.96. The number of aliphatic carboxylic acids is 1. The number of rotatable bonds is 7. The normalized spacial score (nSPS) is 18.3. The van der Waals surface area contributed by atoms with E-state index < -0.39 is 5.97 Å². The molecule has 2 unspecified atom stereocenters. The molecule has 0 amide bonds. The van der Waals surface area contributed by atoms with Gasteiger partial charge in [-0.15, -0.1) is 0 Å². The molecule has 2 N–H and O–H groups in total. The smallest absolute Gasteiger partial charge is 0.306 e. The minimum atomic E-state index is -0.717. The highest BCUT2D eigenvalue weighted by Gasteiger charge is 2.29. The summed E-state index contributed by atoms with van der Waals surface area (Å²) in [6.45, 7) is 3.80. The second kappa shape index (κ2) is 8.93. The van der Waals surface area contributed by atoms with Gasteiger partial charge < -0.3 is 19.7 Å². The SMILES string of the molecule is CC(C)Oc1ncc(-c2nc(-c3ccc(NC4CCC(C(=O)O)C4)cc3)no2)cc1Cl. The monoisotopic (exact) mass is 442 g/mol. The number of nitrogens with zero attached hydrogens (tertiary/aromatic N) is 3. The number of halogens is 1. The first-order chi connectivity index (χ1) is 14.9. The van der Waals surface area contributed by atoms with E-state index in [2.05, 4.69) is 20.4 Å². The van der Waals surface area contributed by atoms with Crippen LogP contribution in [0.1, 0.15) is 33.1 Å². The number of hydrogen-bond donors (Lipinski definition) is 2. The van der Waals surface area contributed by atoms with Crippen molar-refractivity contribution >= 4 is 23.3 Å². The summed E-state index contributed by atoms with van der Waals surface area (Å²) in [4.78, 5) is 19.8. The second-order valence-corrected chi connectivity index (χ2v) is 8.27. The van der Waals surface area contributed by atoms with Crippen molar-refractivity contribution in [3.63, 3.8) is 0 Å². The molecule has 2 heterocycles. The van der Waals surface area contributed by atoms with Crippen LogP contribution in [0.2, 0.25) is 5.02 Å². The number of nitrogens with one attached hydrogen (secondary N) is 1. The molecule has 1 fully saturated rings. The van der Waals surface area contributed by atoms with Gasteiger partial charge >= 0.3 is 5.97 Å². The number of anilines is 1. The molecule has 1 aliphatic rings. The molecule has 1 aliphatic carbocycles. The molecule has 8 nitrogen and oxygen atoms in total. The quantitative estimate of drug-likeness (QED) is 0.531. The van der Waals surface area contributed by atoms with Gasteiger partial charge in [-0.3, -0.25) is 4.79 Å². The van der Waals surface area contributed by atoms with Crippen LogP contribution in [0.3, 0.4) is 0 Å². The van der Waals surface area contributed by atoms with E-state index in [0.717, 1.165) is 17.7 Å². The van der Waals surface area contributed by atoms with Crippen molar-refractivity contribution in [1.82, 2.24) is 15.1 Å². The number of benzene rings is 1. The Morgan fingerprint density at radius 1 is 1.26 bits per heavy atom. The number of hydrogen-bond acceptors (Lipinski definition) is 7. The van der Waals surface area contributed by atoms with E-state index in [1.54, 1.807) is 12.3 Å². The molecular formula is C22H23ClN4O4. The van der Waals surface area contributed by atoms with E-state index in [1.165, 1.54) is 0 Å². The summed E-state index contributed by atoms with van der Waals surface area (Å²) in [7, 11) is 0. The van der Waals surface area contributed by atoms with Crippen molar-refractivity contribution in [3.05, 3.63) is 41.6 Å². The average Bonchev–Trinajstić information content (AvgIpc) is 3.40. The first kappa shape index (κ1) is 21.1. The predicted molar refractivity (Wildman–Crippen MR) is 116 cm³/mol. The minimum Gasteiger partial charge on any atom is -0.481 e. The van der Waals surface area contributed by atoms with Gasteiger partial charge in [0, 0.05) is 23.5 Å². The zero-order chi connectivity index (χ0) is 22.0. The third-order valence-corrected chi connectivity index (χ3v) is 5.39.